The molecule has 22 heteroatoms. The van der Waals surface area contributed by atoms with Gasteiger partial charge in [0.15, 0.2) is 0 Å². The van der Waals surface area contributed by atoms with Crippen molar-refractivity contribution in [3.8, 4) is 34.5 Å². The Kier molecular flexibility index (Phi) is 17.2. The lowest BCUT2D eigenvalue weighted by Crippen LogP contribution is -2.21. The highest BCUT2D eigenvalue weighted by molar-refractivity contribution is 5.95. The predicted octanol–water partition coefficient (Wildman–Crippen LogP) is 8.75. The predicted molar refractivity (Wildman–Crippen MR) is 267 cm³/mol. The third-order valence-corrected chi connectivity index (χ3v) is 11.6. The van der Waals surface area contributed by atoms with Gasteiger partial charge in [0.2, 0.25) is 0 Å². The van der Waals surface area contributed by atoms with E-state index in [4.69, 9.17) is 28.4 Å². The Balaban J connectivity index is 1.55. The summed E-state index contributed by atoms with van der Waals surface area (Å²) < 4.78 is 37.8. The molecule has 0 heterocycles. The number of benzene rings is 7. The van der Waals surface area contributed by atoms with E-state index in [1.807, 2.05) is 0 Å². The van der Waals surface area contributed by atoms with Crippen LogP contribution < -0.4 is 28.4 Å². The second-order valence-electron chi connectivity index (χ2n) is 16.6. The monoisotopic (exact) mass is 1070 g/mol. The van der Waals surface area contributed by atoms with E-state index in [0.29, 0.717) is 0 Å². The summed E-state index contributed by atoms with van der Waals surface area (Å²) in [6, 6.07) is 27.4. The van der Waals surface area contributed by atoms with E-state index in [1.165, 1.54) is 97.1 Å². The maximum Gasteiger partial charge on any atom is 0.335 e. The van der Waals surface area contributed by atoms with Gasteiger partial charge in [-0.15, -0.1) is 0 Å². The van der Waals surface area contributed by atoms with Gasteiger partial charge in [-0.1, -0.05) is 24.3 Å². The quantitative estimate of drug-likeness (QED) is 0.0251. The fourth-order valence-corrected chi connectivity index (χ4v) is 7.81. The van der Waals surface area contributed by atoms with Crippen LogP contribution in [0.2, 0.25) is 0 Å². The second kappa shape index (κ2) is 24.4. The van der Waals surface area contributed by atoms with Crippen molar-refractivity contribution in [2.75, 3.05) is 0 Å². The minimum atomic E-state index is -1.52. The summed E-state index contributed by atoms with van der Waals surface area (Å²) in [5, 5.41) is 79.3. The van der Waals surface area contributed by atoms with Gasteiger partial charge in [0.25, 0.3) is 0 Å². The first-order chi connectivity index (χ1) is 37.2. The van der Waals surface area contributed by atoms with Crippen molar-refractivity contribution >= 4 is 47.8 Å². The van der Waals surface area contributed by atoms with Crippen LogP contribution in [0.5, 0.6) is 34.5 Å². The Morgan fingerprint density at radius 1 is 0.231 bits per heavy atom. The first kappa shape index (κ1) is 54.9. The zero-order valence-electron chi connectivity index (χ0n) is 40.2. The summed E-state index contributed by atoms with van der Waals surface area (Å²) in [5.41, 5.74) is -2.03. The van der Waals surface area contributed by atoms with Gasteiger partial charge in [0.05, 0.1) is 44.5 Å². The molecule has 7 aromatic carbocycles. The number of carbonyl (C=O) groups is 8. The van der Waals surface area contributed by atoms with E-state index in [-0.39, 0.29) is 90.1 Å². The molecule has 22 nitrogen and oxygen atoms in total. The topological polar surface area (TPSA) is 354 Å². The van der Waals surface area contributed by atoms with Gasteiger partial charge in [0.1, 0.15) is 74.1 Å². The molecule has 0 aromatic heterocycles. The largest absolute Gasteiger partial charge is 0.489 e. The average Bonchev–Trinajstić information content (AvgIpc) is 3.45. The van der Waals surface area contributed by atoms with Crippen LogP contribution in [0, 0.1) is 0 Å². The zero-order chi connectivity index (χ0) is 56.2. The first-order valence-corrected chi connectivity index (χ1v) is 22.7. The SMILES string of the molecule is O=C(O)c1cccc(OCc2c(COc3cccc(C(=O)O)c3)c(COc3cccc(C(=O)O)c3)c(COc3cc(C(=O)O)cc(C(=O)O)c3)c(COc3cc(C(=O)O)cc(C(=O)O)c3)c2COc2cccc(C(=O)O)c2)c1. The van der Waals surface area contributed by atoms with Crippen LogP contribution in [-0.2, 0) is 39.6 Å². The summed E-state index contributed by atoms with van der Waals surface area (Å²) in [4.78, 5) is 97.4. The lowest BCUT2D eigenvalue weighted by Gasteiger charge is -2.28. The maximum absolute atomic E-state index is 12.3. The molecule has 0 radical (unpaired) electrons. The van der Waals surface area contributed by atoms with Crippen molar-refractivity contribution in [2.45, 2.75) is 39.6 Å². The molecule has 0 aliphatic heterocycles. The smallest absolute Gasteiger partial charge is 0.335 e. The molecule has 78 heavy (non-hydrogen) atoms. The minimum absolute atomic E-state index is 0.00143. The maximum atomic E-state index is 12.3. The molecule has 0 spiro atoms. The van der Waals surface area contributed by atoms with E-state index in [9.17, 15) is 79.2 Å². The molecular formula is C56H42O22. The van der Waals surface area contributed by atoms with Gasteiger partial charge in [-0.05, 0) is 109 Å². The van der Waals surface area contributed by atoms with Crippen LogP contribution in [0.1, 0.15) is 116 Å². The van der Waals surface area contributed by atoms with Gasteiger partial charge in [0, 0.05) is 33.4 Å². The molecule has 7 rings (SSSR count). The second-order valence-corrected chi connectivity index (χ2v) is 16.6. The van der Waals surface area contributed by atoms with E-state index in [1.54, 1.807) is 0 Å². The lowest BCUT2D eigenvalue weighted by atomic mass is 9.87. The molecular weight excluding hydrogens is 1020 g/mol. The first-order valence-electron chi connectivity index (χ1n) is 22.7. The number of rotatable bonds is 26. The third kappa shape index (κ3) is 13.8. The Bertz CT molecular complexity index is 3230. The van der Waals surface area contributed by atoms with Gasteiger partial charge in [-0.25, -0.2) is 38.4 Å². The molecule has 0 saturated carbocycles. The molecule has 8 N–H and O–H groups in total. The summed E-state index contributed by atoms with van der Waals surface area (Å²) in [6.45, 7) is -3.43. The van der Waals surface area contributed by atoms with Crippen LogP contribution in [0.4, 0.5) is 0 Å². The van der Waals surface area contributed by atoms with Crippen LogP contribution in [0.15, 0.2) is 133 Å². The van der Waals surface area contributed by atoms with Crippen molar-refractivity contribution in [1.29, 1.82) is 0 Å². The normalized spacial score (nSPS) is 10.7. The highest BCUT2D eigenvalue weighted by Crippen LogP contribution is 2.36. The Morgan fingerprint density at radius 2 is 0.397 bits per heavy atom. The molecule has 0 bridgehead atoms. The Morgan fingerprint density at radius 3 is 0.577 bits per heavy atom. The van der Waals surface area contributed by atoms with Crippen molar-refractivity contribution in [1.82, 2.24) is 0 Å². The lowest BCUT2D eigenvalue weighted by molar-refractivity contribution is 0.0675. The Labute approximate surface area is 439 Å². The standard InChI is InChI=1S/C56H42O22/c57-49(58)29-5-1-9-37(15-29)73-23-43-44(24-74-38-10-2-6-30(16-38)50(59)60)46(26-76-40-12-4-8-32(18-40)52(63)64)48(28-78-42-21-35(55(69)70)14-36(22-42)56(71)72)47(45(43)25-75-39-11-3-7-31(17-39)51(61)62)27-77-41-19-33(53(65)66)13-34(20-41)54(67)68/h1-22H,23-28H2,(H,57,58)(H,59,60)(H,61,62)(H,63,64)(H,65,66)(H,67,68)(H,69,70)(H,71,72). The van der Waals surface area contributed by atoms with Crippen molar-refractivity contribution < 1.29 is 108 Å². The summed E-state index contributed by atoms with van der Waals surface area (Å²) in [5.74, 6) is -11.8. The number of aromatic carboxylic acids is 8. The van der Waals surface area contributed by atoms with Gasteiger partial charge in [-0.3, -0.25) is 0 Å². The number of hydrogen-bond donors (Lipinski definition) is 8. The van der Waals surface area contributed by atoms with Crippen LogP contribution in [0.25, 0.3) is 0 Å². The number of ether oxygens (including phenoxy) is 6. The molecule has 0 amide bonds. The van der Waals surface area contributed by atoms with E-state index < -0.39 is 110 Å². The van der Waals surface area contributed by atoms with E-state index >= 15 is 0 Å². The van der Waals surface area contributed by atoms with Gasteiger partial charge in [-0.2, -0.15) is 0 Å². The fourth-order valence-electron chi connectivity index (χ4n) is 7.81. The van der Waals surface area contributed by atoms with E-state index in [2.05, 4.69) is 0 Å². The van der Waals surface area contributed by atoms with Gasteiger partial charge >= 0.3 is 47.8 Å². The zero-order valence-corrected chi connectivity index (χ0v) is 40.2. The molecule has 0 atom stereocenters. The van der Waals surface area contributed by atoms with Crippen LogP contribution in [0.3, 0.4) is 0 Å². The summed E-state index contributed by atoms with van der Waals surface area (Å²) >= 11 is 0. The van der Waals surface area contributed by atoms with Gasteiger partial charge < -0.3 is 69.3 Å². The van der Waals surface area contributed by atoms with Crippen LogP contribution in [-0.4, -0.2) is 88.6 Å². The fraction of sp³-hybridized carbons (Fsp3) is 0.107. The molecule has 7 aromatic rings. The number of carboxylic acid groups (broad SMARTS) is 8. The molecule has 0 aliphatic rings. The van der Waals surface area contributed by atoms with Crippen molar-refractivity contribution in [2.24, 2.45) is 0 Å². The highest BCUT2D eigenvalue weighted by Gasteiger charge is 2.28. The molecule has 398 valence electrons. The van der Waals surface area contributed by atoms with Crippen molar-refractivity contribution in [3.63, 3.8) is 0 Å². The summed E-state index contributed by atoms with van der Waals surface area (Å²) in [6.07, 6.45) is 0. The Hall–Kier alpha value is -10.9. The minimum Gasteiger partial charge on any atom is -0.489 e. The van der Waals surface area contributed by atoms with Crippen LogP contribution >= 0.6 is 0 Å². The third-order valence-electron chi connectivity index (χ3n) is 11.6. The number of carboxylic acids is 8. The molecule has 0 aliphatic carbocycles. The van der Waals surface area contributed by atoms with Crippen molar-refractivity contribution in [3.05, 3.63) is 211 Å². The average molecular weight is 1070 g/mol. The molecule has 0 unspecified atom stereocenters. The summed E-state index contributed by atoms with van der Waals surface area (Å²) in [7, 11) is 0. The molecule has 0 fully saturated rings. The highest BCUT2D eigenvalue weighted by atomic mass is 16.5. The number of hydrogen-bond acceptors (Lipinski definition) is 14. The molecule has 0 saturated heterocycles. The van der Waals surface area contributed by atoms with E-state index in [0.717, 1.165) is 36.4 Å².